The number of sulfonamides is 1. The Morgan fingerprint density at radius 1 is 0.957 bits per heavy atom. The number of hydrogen-bond donors (Lipinski definition) is 3. The van der Waals surface area contributed by atoms with E-state index >= 15 is 4.79 Å². The van der Waals surface area contributed by atoms with Crippen molar-refractivity contribution in [2.75, 3.05) is 19.6 Å². The third-order valence-corrected chi connectivity index (χ3v) is 17.9. The zero-order chi connectivity index (χ0) is 50.9. The van der Waals surface area contributed by atoms with E-state index in [1.54, 1.807) is 24.8 Å². The Balaban J connectivity index is 1.24. The molecule has 2 bridgehead atoms. The van der Waals surface area contributed by atoms with Crippen molar-refractivity contribution >= 4 is 46.0 Å². The molecule has 1 aromatic rings. The number of nitrogens with zero attached hydrogens (tertiary/aromatic N) is 3. The van der Waals surface area contributed by atoms with Gasteiger partial charge in [0.25, 0.3) is 5.91 Å². The molecule has 388 valence electrons. The van der Waals surface area contributed by atoms with E-state index in [0.717, 1.165) is 62.5 Å². The molecule has 3 N–H and O–H groups in total. The van der Waals surface area contributed by atoms with E-state index in [9.17, 15) is 27.6 Å². The molecule has 3 aliphatic carbocycles. The van der Waals surface area contributed by atoms with Gasteiger partial charge in [-0.2, -0.15) is 0 Å². The van der Waals surface area contributed by atoms with E-state index in [-0.39, 0.29) is 49.0 Å². The van der Waals surface area contributed by atoms with Crippen molar-refractivity contribution < 1.29 is 51.3 Å². The van der Waals surface area contributed by atoms with E-state index in [1.165, 1.54) is 17.9 Å². The zero-order valence-electron chi connectivity index (χ0n) is 42.7. The molecule has 3 aliphatic heterocycles. The van der Waals surface area contributed by atoms with Gasteiger partial charge >= 0.3 is 12.2 Å². The summed E-state index contributed by atoms with van der Waals surface area (Å²) in [6.45, 7) is 23.0. The largest absolute Gasteiger partial charge is 0.489 e. The van der Waals surface area contributed by atoms with Crippen molar-refractivity contribution in [3.05, 3.63) is 36.1 Å². The fourth-order valence-corrected chi connectivity index (χ4v) is 11.8. The maximum atomic E-state index is 15.2. The Morgan fingerprint density at radius 2 is 1.63 bits per heavy atom. The fraction of sp³-hybridized carbons (Fsp3) is 0.731. The molecule has 6 aliphatic rings. The molecular weight excluding hydrogens is 917 g/mol. The number of likely N-dealkylation sites (tertiary alicyclic amines) is 1. The molecule has 5 amide bonds. The van der Waals surface area contributed by atoms with Crippen LogP contribution in [0.25, 0.3) is 6.08 Å². The van der Waals surface area contributed by atoms with Gasteiger partial charge in [0.1, 0.15) is 47.3 Å². The number of rotatable bonds is 11. The summed E-state index contributed by atoms with van der Waals surface area (Å²) in [5.74, 6) is -1.98. The van der Waals surface area contributed by atoms with Gasteiger partial charge in [0.05, 0.1) is 22.5 Å². The Labute approximate surface area is 415 Å². The SMILES string of the molecule is C=Cc1nc2c(c(OC3CCN(C(=O)OC(C)(C)C)CC3C)c1C)CCCCCC1CC1OC(=O)NC(C1CCCCC1)C(=O)N1CC(CC1C(=O)NC(C)(C(=O)NS(=O)(=O)C1(C)CC1)C(C)C=C)O2. The first-order valence-corrected chi connectivity index (χ1v) is 27.2. The predicted molar refractivity (Wildman–Crippen MR) is 264 cm³/mol. The highest BCUT2D eigenvalue weighted by Gasteiger charge is 2.54. The first-order valence-electron chi connectivity index (χ1n) is 25.7. The third-order valence-electron chi connectivity index (χ3n) is 15.8. The summed E-state index contributed by atoms with van der Waals surface area (Å²) in [6, 6.07) is -2.22. The quantitative estimate of drug-likeness (QED) is 0.187. The second kappa shape index (κ2) is 21.1. The van der Waals surface area contributed by atoms with Crippen molar-refractivity contribution in [1.29, 1.82) is 0 Å². The van der Waals surface area contributed by atoms with Gasteiger partial charge in [0.15, 0.2) is 0 Å². The van der Waals surface area contributed by atoms with E-state index in [1.807, 2.05) is 27.7 Å². The van der Waals surface area contributed by atoms with Gasteiger partial charge in [0.2, 0.25) is 27.7 Å². The number of ether oxygens (including phenoxy) is 4. The third kappa shape index (κ3) is 11.9. The number of carbonyl (C=O) groups excluding carboxylic acids is 5. The van der Waals surface area contributed by atoms with Crippen LogP contribution in [0.5, 0.6) is 11.6 Å². The number of piperidine rings is 1. The van der Waals surface area contributed by atoms with Gasteiger partial charge in [-0.25, -0.2) is 23.0 Å². The van der Waals surface area contributed by atoms with Gasteiger partial charge in [-0.1, -0.05) is 58.6 Å². The van der Waals surface area contributed by atoms with Crippen LogP contribution in [0.4, 0.5) is 9.59 Å². The maximum Gasteiger partial charge on any atom is 0.410 e. The normalized spacial score (nSPS) is 28.8. The molecule has 2 saturated heterocycles. The zero-order valence-corrected chi connectivity index (χ0v) is 43.6. The van der Waals surface area contributed by atoms with Crippen LogP contribution >= 0.6 is 0 Å². The number of hydrogen-bond acceptors (Lipinski definition) is 12. The Hall–Kier alpha value is -4.87. The standard InChI is InChI=1S/C52H78N6O11S/c1-11-32(4)52(10,47(61)56-70(64,65)51(9)24-25-51)55-44(59)39-28-36-30-58(39)46(60)42(34-19-15-13-16-20-34)54-48(62)68-41-27-35(41)21-17-14-18-22-37-43(33(5)38(12-2)53-45(37)66-36)67-40-23-26-57(29-31(40)3)49(63)69-50(6,7)8/h11-12,31-32,34-36,39-42H,1-2,13-30H2,3-10H3,(H,54,62)(H,55,59)(H,56,61). The molecule has 3 saturated carbocycles. The average molecular weight is 995 g/mol. The Kier molecular flexibility index (Phi) is 15.9. The van der Waals surface area contributed by atoms with Crippen molar-refractivity contribution in [3.63, 3.8) is 0 Å². The highest BCUT2D eigenvalue weighted by atomic mass is 32.2. The lowest BCUT2D eigenvalue weighted by molar-refractivity contribution is -0.143. The van der Waals surface area contributed by atoms with E-state index in [2.05, 4.69) is 35.4 Å². The summed E-state index contributed by atoms with van der Waals surface area (Å²) in [4.78, 5) is 79.2. The van der Waals surface area contributed by atoms with Crippen molar-refractivity contribution in [3.8, 4) is 11.6 Å². The van der Waals surface area contributed by atoms with Crippen LogP contribution < -0.4 is 24.8 Å². The van der Waals surface area contributed by atoms with Crippen molar-refractivity contribution in [2.45, 2.75) is 198 Å². The van der Waals surface area contributed by atoms with E-state index in [0.29, 0.717) is 68.9 Å². The van der Waals surface area contributed by atoms with Crippen molar-refractivity contribution in [2.24, 2.45) is 23.7 Å². The smallest absolute Gasteiger partial charge is 0.410 e. The molecule has 0 radical (unpaired) electrons. The molecule has 0 spiro atoms. The minimum absolute atomic E-state index is 0.0194. The highest BCUT2D eigenvalue weighted by molar-refractivity contribution is 7.91. The lowest BCUT2D eigenvalue weighted by atomic mass is 9.83. The second-order valence-corrected chi connectivity index (χ2v) is 24.6. The molecule has 0 aromatic carbocycles. The molecule has 70 heavy (non-hydrogen) atoms. The number of nitrogens with one attached hydrogen (secondary N) is 3. The number of carbonyl (C=O) groups is 5. The van der Waals surface area contributed by atoms with Gasteiger partial charge in [0, 0.05) is 43.3 Å². The number of aromatic nitrogens is 1. The van der Waals surface area contributed by atoms with Crippen LogP contribution in [0.15, 0.2) is 19.2 Å². The highest BCUT2D eigenvalue weighted by Crippen LogP contribution is 2.43. The van der Waals surface area contributed by atoms with Gasteiger partial charge < -0.3 is 39.4 Å². The number of pyridine rings is 1. The lowest BCUT2D eigenvalue weighted by Crippen LogP contribution is -2.64. The summed E-state index contributed by atoms with van der Waals surface area (Å²) >= 11 is 0. The molecule has 9 atom stereocenters. The lowest BCUT2D eigenvalue weighted by Gasteiger charge is -2.38. The first-order chi connectivity index (χ1) is 33.0. The molecule has 9 unspecified atom stereocenters. The molecule has 17 nitrogen and oxygen atoms in total. The molecule has 5 fully saturated rings. The fourth-order valence-electron chi connectivity index (χ4n) is 10.5. The summed E-state index contributed by atoms with van der Waals surface area (Å²) < 4.78 is 53.4. The predicted octanol–water partition coefficient (Wildman–Crippen LogP) is 7.28. The monoisotopic (exact) mass is 995 g/mol. The molecule has 4 heterocycles. The van der Waals surface area contributed by atoms with Gasteiger partial charge in [-0.05, 0) is 111 Å². The Bertz CT molecular complexity index is 2290. The van der Waals surface area contributed by atoms with E-state index in [4.69, 9.17) is 23.9 Å². The van der Waals surface area contributed by atoms with E-state index < -0.39 is 73.8 Å². The second-order valence-electron chi connectivity index (χ2n) is 22.4. The molecule has 1 aromatic heterocycles. The van der Waals surface area contributed by atoms with Crippen LogP contribution in [-0.2, 0) is 40.3 Å². The topological polar surface area (TPSA) is 212 Å². The number of amides is 5. The van der Waals surface area contributed by atoms with Crippen LogP contribution in [0.2, 0.25) is 0 Å². The average Bonchev–Trinajstić information content (AvgIpc) is 4.20. The van der Waals surface area contributed by atoms with Gasteiger partial charge in [-0.3, -0.25) is 19.1 Å². The summed E-state index contributed by atoms with van der Waals surface area (Å²) in [7, 11) is -4.09. The molecule has 7 rings (SSSR count). The van der Waals surface area contributed by atoms with Crippen molar-refractivity contribution in [1.82, 2.24) is 30.1 Å². The van der Waals surface area contributed by atoms with Crippen LogP contribution in [0.3, 0.4) is 0 Å². The molecular formula is C52H78N6O11S. The summed E-state index contributed by atoms with van der Waals surface area (Å²) in [5, 5.41) is 5.82. The van der Waals surface area contributed by atoms with Gasteiger partial charge in [-0.15, -0.1) is 6.58 Å². The van der Waals surface area contributed by atoms with Crippen LogP contribution in [-0.4, -0.2) is 119 Å². The maximum absolute atomic E-state index is 15.2. The molecule has 18 heteroatoms. The van der Waals surface area contributed by atoms with Crippen LogP contribution in [0, 0.1) is 30.6 Å². The number of fused-ring (bicyclic) bond motifs is 4. The minimum Gasteiger partial charge on any atom is -0.489 e. The first kappa shape index (κ1) is 52.9. The summed E-state index contributed by atoms with van der Waals surface area (Å²) in [6.07, 6.45) is 11.0. The summed E-state index contributed by atoms with van der Waals surface area (Å²) in [5.41, 5.74) is -0.341. The Morgan fingerprint density at radius 3 is 2.26 bits per heavy atom. The number of alkyl carbamates (subject to hydrolysis) is 1. The minimum atomic E-state index is -4.09. The van der Waals surface area contributed by atoms with Crippen LogP contribution in [0.1, 0.15) is 155 Å².